The normalized spacial score (nSPS) is 29.3. The van der Waals surface area contributed by atoms with Gasteiger partial charge in [-0.3, -0.25) is 14.6 Å². The molecule has 3 aliphatic heterocycles. The molecular weight excluding hydrogens is 390 g/mol. The quantitative estimate of drug-likeness (QED) is 0.769. The lowest BCUT2D eigenvalue weighted by Gasteiger charge is -2.23. The highest BCUT2D eigenvalue weighted by Crippen LogP contribution is 2.52. The van der Waals surface area contributed by atoms with E-state index in [-0.39, 0.29) is 17.9 Å². The minimum absolute atomic E-state index is 0.0430. The smallest absolute Gasteiger partial charge is 0.230 e. The molecule has 2 saturated heterocycles. The van der Waals surface area contributed by atoms with Gasteiger partial charge in [-0.15, -0.1) is 0 Å². The summed E-state index contributed by atoms with van der Waals surface area (Å²) in [6.45, 7) is 1.23. The van der Waals surface area contributed by atoms with Crippen LogP contribution >= 0.6 is 11.6 Å². The van der Waals surface area contributed by atoms with Crippen LogP contribution in [0.15, 0.2) is 60.9 Å². The number of aromatic nitrogens is 1. The van der Waals surface area contributed by atoms with Crippen LogP contribution in [0.4, 0.5) is 0 Å². The fourth-order valence-electron chi connectivity index (χ4n) is 4.67. The number of pyridine rings is 1. The predicted octanol–water partition coefficient (Wildman–Crippen LogP) is 2.33. The molecule has 4 atom stereocenters. The van der Waals surface area contributed by atoms with Gasteiger partial charge in [-0.1, -0.05) is 48.0 Å². The number of ether oxygens (including phenoxy) is 1. The van der Waals surface area contributed by atoms with Crippen LogP contribution in [0.3, 0.4) is 0 Å². The summed E-state index contributed by atoms with van der Waals surface area (Å²) in [7, 11) is 0. The monoisotopic (exact) mass is 409 g/mol. The number of carbonyl (C=O) groups is 2. The summed E-state index contributed by atoms with van der Waals surface area (Å²) < 4.78 is 6.16. The van der Waals surface area contributed by atoms with Gasteiger partial charge in [0, 0.05) is 30.5 Å². The molecular formula is C22H20ClN3O3. The number of benzene rings is 1. The summed E-state index contributed by atoms with van der Waals surface area (Å²) in [5.41, 5.74) is 1.08. The Balaban J connectivity index is 1.33. The Morgan fingerprint density at radius 1 is 1.31 bits per heavy atom. The third kappa shape index (κ3) is 3.03. The molecule has 1 N–H and O–H groups in total. The fraction of sp³-hybridized carbons (Fsp3) is 0.318. The van der Waals surface area contributed by atoms with E-state index in [2.05, 4.69) is 10.3 Å². The number of fused-ring (bicyclic) bond motifs is 1. The molecule has 4 heterocycles. The Hall–Kier alpha value is -2.70. The van der Waals surface area contributed by atoms with Crippen molar-refractivity contribution in [1.29, 1.82) is 0 Å². The maximum Gasteiger partial charge on any atom is 0.230 e. The third-order valence-electron chi connectivity index (χ3n) is 5.99. The van der Waals surface area contributed by atoms with Crippen molar-refractivity contribution in [2.24, 2.45) is 11.8 Å². The average molecular weight is 410 g/mol. The molecule has 6 nitrogen and oxygen atoms in total. The highest BCUT2D eigenvalue weighted by atomic mass is 35.5. The summed E-state index contributed by atoms with van der Waals surface area (Å²) in [4.78, 5) is 32.1. The first-order chi connectivity index (χ1) is 14.1. The summed E-state index contributed by atoms with van der Waals surface area (Å²) in [6, 6.07) is 11.2. The lowest BCUT2D eigenvalue weighted by molar-refractivity contribution is -0.137. The largest absolute Gasteiger partial charge is 0.360 e. The zero-order valence-electron chi connectivity index (χ0n) is 15.6. The van der Waals surface area contributed by atoms with E-state index in [9.17, 15) is 9.59 Å². The SMILES string of the molecule is O=C(NCc1ccccc1Cl)[C@H]1[C@@H]2C=C[C@@]3(CN(Cc4cccnc4)C(=O)[C@H]13)O2. The number of rotatable bonds is 5. The van der Waals surface area contributed by atoms with E-state index in [4.69, 9.17) is 16.3 Å². The Morgan fingerprint density at radius 3 is 2.97 bits per heavy atom. The fourth-order valence-corrected chi connectivity index (χ4v) is 4.87. The van der Waals surface area contributed by atoms with Crippen LogP contribution in [-0.2, 0) is 27.4 Å². The molecule has 7 heteroatoms. The molecule has 3 aliphatic rings. The second-order valence-electron chi connectivity index (χ2n) is 7.76. The lowest BCUT2D eigenvalue weighted by atomic mass is 9.77. The number of nitrogens with one attached hydrogen (secondary N) is 1. The zero-order chi connectivity index (χ0) is 20.0. The van der Waals surface area contributed by atoms with E-state index < -0.39 is 17.4 Å². The number of carbonyl (C=O) groups excluding carboxylic acids is 2. The molecule has 5 rings (SSSR count). The molecule has 2 fully saturated rings. The van der Waals surface area contributed by atoms with E-state index in [0.717, 1.165) is 11.1 Å². The molecule has 0 aliphatic carbocycles. The van der Waals surface area contributed by atoms with Crippen LogP contribution in [0.5, 0.6) is 0 Å². The van der Waals surface area contributed by atoms with Gasteiger partial charge in [0.15, 0.2) is 0 Å². The molecule has 1 aromatic heterocycles. The van der Waals surface area contributed by atoms with Crippen LogP contribution in [-0.4, -0.2) is 39.9 Å². The van der Waals surface area contributed by atoms with Gasteiger partial charge in [0.1, 0.15) is 5.60 Å². The summed E-state index contributed by atoms with van der Waals surface area (Å²) in [5.74, 6) is -1.25. The molecule has 2 amide bonds. The van der Waals surface area contributed by atoms with E-state index in [1.54, 1.807) is 23.4 Å². The first-order valence-corrected chi connectivity index (χ1v) is 10.0. The number of hydrogen-bond acceptors (Lipinski definition) is 4. The third-order valence-corrected chi connectivity index (χ3v) is 6.36. The Kier molecular flexibility index (Phi) is 4.41. The minimum Gasteiger partial charge on any atom is -0.360 e. The topological polar surface area (TPSA) is 71.5 Å². The molecule has 1 aromatic carbocycles. The van der Waals surface area contributed by atoms with Gasteiger partial charge in [0.2, 0.25) is 11.8 Å². The van der Waals surface area contributed by atoms with Crippen molar-refractivity contribution >= 4 is 23.4 Å². The first kappa shape index (κ1) is 18.3. The van der Waals surface area contributed by atoms with Crippen molar-refractivity contribution < 1.29 is 14.3 Å². The summed E-state index contributed by atoms with van der Waals surface area (Å²) in [5, 5.41) is 3.55. The van der Waals surface area contributed by atoms with Crippen molar-refractivity contribution in [1.82, 2.24) is 15.2 Å². The Morgan fingerprint density at radius 2 is 2.17 bits per heavy atom. The number of amides is 2. The van der Waals surface area contributed by atoms with Crippen LogP contribution < -0.4 is 5.32 Å². The van der Waals surface area contributed by atoms with Gasteiger partial charge in [0.05, 0.1) is 24.5 Å². The van der Waals surface area contributed by atoms with Crippen LogP contribution in [0.2, 0.25) is 5.02 Å². The molecule has 29 heavy (non-hydrogen) atoms. The highest BCUT2D eigenvalue weighted by Gasteiger charge is 2.66. The molecule has 2 aromatic rings. The van der Waals surface area contributed by atoms with Crippen LogP contribution in [0.25, 0.3) is 0 Å². The van der Waals surface area contributed by atoms with E-state index in [1.807, 2.05) is 42.5 Å². The lowest BCUT2D eigenvalue weighted by Crippen LogP contribution is -2.43. The second-order valence-corrected chi connectivity index (χ2v) is 8.17. The Labute approximate surface area is 173 Å². The Bertz CT molecular complexity index is 996. The average Bonchev–Trinajstić information content (AvgIpc) is 3.36. The molecule has 0 unspecified atom stereocenters. The van der Waals surface area contributed by atoms with E-state index in [1.165, 1.54) is 0 Å². The van der Waals surface area contributed by atoms with Crippen molar-refractivity contribution in [3.05, 3.63) is 77.1 Å². The van der Waals surface area contributed by atoms with Crippen molar-refractivity contribution in [3.8, 4) is 0 Å². The molecule has 0 radical (unpaired) electrons. The van der Waals surface area contributed by atoms with Gasteiger partial charge >= 0.3 is 0 Å². The van der Waals surface area contributed by atoms with Crippen molar-refractivity contribution in [2.45, 2.75) is 24.8 Å². The molecule has 148 valence electrons. The second kappa shape index (κ2) is 6.97. The van der Waals surface area contributed by atoms with E-state index >= 15 is 0 Å². The van der Waals surface area contributed by atoms with Gasteiger partial charge in [0.25, 0.3) is 0 Å². The van der Waals surface area contributed by atoms with E-state index in [0.29, 0.717) is 24.7 Å². The maximum atomic E-state index is 13.2. The number of likely N-dealkylation sites (tertiary alicyclic amines) is 1. The number of nitrogens with zero attached hydrogens (tertiary/aromatic N) is 2. The summed E-state index contributed by atoms with van der Waals surface area (Å²) >= 11 is 6.18. The van der Waals surface area contributed by atoms with Crippen LogP contribution in [0, 0.1) is 11.8 Å². The highest BCUT2D eigenvalue weighted by molar-refractivity contribution is 6.31. The predicted molar refractivity (Wildman–Crippen MR) is 107 cm³/mol. The minimum atomic E-state index is -0.712. The number of halogens is 1. The van der Waals surface area contributed by atoms with Crippen molar-refractivity contribution in [2.75, 3.05) is 6.54 Å². The first-order valence-electron chi connectivity index (χ1n) is 9.63. The van der Waals surface area contributed by atoms with Gasteiger partial charge in [-0.05, 0) is 23.3 Å². The van der Waals surface area contributed by atoms with Gasteiger partial charge in [-0.2, -0.15) is 0 Å². The zero-order valence-corrected chi connectivity index (χ0v) is 16.4. The van der Waals surface area contributed by atoms with Gasteiger partial charge in [-0.25, -0.2) is 0 Å². The maximum absolute atomic E-state index is 13.2. The number of hydrogen-bond donors (Lipinski definition) is 1. The molecule has 0 saturated carbocycles. The molecule has 2 bridgehead atoms. The standard InChI is InChI=1S/C22H20ClN3O3/c23-16-6-2-1-5-15(16)11-25-20(27)18-17-7-8-22(29-17)13-26(21(28)19(18)22)12-14-4-3-9-24-10-14/h1-10,17-19H,11-13H2,(H,25,27)/t17-,18-,19-,22-/m0/s1. The van der Waals surface area contributed by atoms with Crippen LogP contribution in [0.1, 0.15) is 11.1 Å². The molecule has 1 spiro atoms. The van der Waals surface area contributed by atoms with Gasteiger partial charge < -0.3 is 15.0 Å². The summed E-state index contributed by atoms with van der Waals surface area (Å²) in [6.07, 6.45) is 6.96. The van der Waals surface area contributed by atoms with Crippen molar-refractivity contribution in [3.63, 3.8) is 0 Å².